The highest BCUT2D eigenvalue weighted by molar-refractivity contribution is 5.95. The summed E-state index contributed by atoms with van der Waals surface area (Å²) in [4.78, 5) is 32.6. The SMILES string of the molecule is CC(=O)N1CCN(c2cccc3c2ncn3C(=O)NCCC(C)C)CC1. The van der Waals surface area contributed by atoms with Crippen LogP contribution in [-0.4, -0.2) is 59.1 Å². The third-order valence-electron chi connectivity index (χ3n) is 4.84. The Morgan fingerprint density at radius 1 is 1.19 bits per heavy atom. The largest absolute Gasteiger partial charge is 0.366 e. The van der Waals surface area contributed by atoms with E-state index in [2.05, 4.69) is 29.0 Å². The van der Waals surface area contributed by atoms with Gasteiger partial charge in [-0.25, -0.2) is 9.78 Å². The van der Waals surface area contributed by atoms with Crippen molar-refractivity contribution in [1.82, 2.24) is 19.8 Å². The van der Waals surface area contributed by atoms with Crippen LogP contribution in [-0.2, 0) is 4.79 Å². The molecule has 0 atom stereocenters. The molecule has 140 valence electrons. The number of aromatic nitrogens is 2. The predicted octanol–water partition coefficient (Wildman–Crippen LogP) is 2.31. The summed E-state index contributed by atoms with van der Waals surface area (Å²) >= 11 is 0. The highest BCUT2D eigenvalue weighted by Gasteiger charge is 2.21. The Morgan fingerprint density at radius 2 is 1.92 bits per heavy atom. The normalized spacial score (nSPS) is 14.9. The van der Waals surface area contributed by atoms with Crippen LogP contribution in [0.25, 0.3) is 11.0 Å². The molecule has 1 aromatic heterocycles. The van der Waals surface area contributed by atoms with E-state index < -0.39 is 0 Å². The van der Waals surface area contributed by atoms with E-state index in [-0.39, 0.29) is 11.9 Å². The average molecular weight is 357 g/mol. The van der Waals surface area contributed by atoms with Crippen molar-refractivity contribution >= 4 is 28.7 Å². The van der Waals surface area contributed by atoms with Crippen molar-refractivity contribution < 1.29 is 9.59 Å². The molecule has 7 nitrogen and oxygen atoms in total. The van der Waals surface area contributed by atoms with E-state index in [0.717, 1.165) is 36.2 Å². The quantitative estimate of drug-likeness (QED) is 0.912. The number of carbonyl (C=O) groups excluding carboxylic acids is 2. The number of para-hydroxylation sites is 1. The van der Waals surface area contributed by atoms with E-state index in [1.54, 1.807) is 17.8 Å². The van der Waals surface area contributed by atoms with Crippen molar-refractivity contribution in [1.29, 1.82) is 0 Å². The predicted molar refractivity (Wildman–Crippen MR) is 102 cm³/mol. The Bertz CT molecular complexity index is 790. The topological polar surface area (TPSA) is 70.5 Å². The van der Waals surface area contributed by atoms with Crippen LogP contribution in [0.2, 0.25) is 0 Å². The molecule has 2 amide bonds. The van der Waals surface area contributed by atoms with Gasteiger partial charge in [-0.3, -0.25) is 9.36 Å². The third kappa shape index (κ3) is 3.81. The highest BCUT2D eigenvalue weighted by atomic mass is 16.2. The van der Waals surface area contributed by atoms with Gasteiger partial charge in [0.25, 0.3) is 0 Å². The summed E-state index contributed by atoms with van der Waals surface area (Å²) in [5, 5.41) is 2.95. The first kappa shape index (κ1) is 18.2. The minimum Gasteiger partial charge on any atom is -0.366 e. The highest BCUT2D eigenvalue weighted by Crippen LogP contribution is 2.26. The number of hydrogen-bond acceptors (Lipinski definition) is 4. The lowest BCUT2D eigenvalue weighted by molar-refractivity contribution is -0.129. The molecular weight excluding hydrogens is 330 g/mol. The van der Waals surface area contributed by atoms with Gasteiger partial charge in [0.05, 0.1) is 11.2 Å². The molecular formula is C19H27N5O2. The summed E-state index contributed by atoms with van der Waals surface area (Å²) in [5.74, 6) is 0.667. The number of nitrogens with zero attached hydrogens (tertiary/aromatic N) is 4. The number of carbonyl (C=O) groups is 2. The minimum atomic E-state index is -0.147. The molecule has 0 unspecified atom stereocenters. The Kier molecular flexibility index (Phi) is 5.44. The van der Waals surface area contributed by atoms with Crippen molar-refractivity contribution in [2.24, 2.45) is 5.92 Å². The van der Waals surface area contributed by atoms with Gasteiger partial charge in [0, 0.05) is 39.6 Å². The van der Waals surface area contributed by atoms with Crippen LogP contribution < -0.4 is 10.2 Å². The Balaban J connectivity index is 1.77. The molecule has 0 radical (unpaired) electrons. The van der Waals surface area contributed by atoms with E-state index in [9.17, 15) is 9.59 Å². The molecule has 0 saturated carbocycles. The van der Waals surface area contributed by atoms with Gasteiger partial charge in [0.2, 0.25) is 5.91 Å². The molecule has 3 rings (SSSR count). The number of piperazine rings is 1. The summed E-state index contributed by atoms with van der Waals surface area (Å²) in [5.41, 5.74) is 2.64. The van der Waals surface area contributed by atoms with E-state index in [1.807, 2.05) is 23.1 Å². The number of hydrogen-bond donors (Lipinski definition) is 1. The van der Waals surface area contributed by atoms with Crippen LogP contribution in [0, 0.1) is 5.92 Å². The molecule has 0 spiro atoms. The molecule has 1 aromatic carbocycles. The molecule has 1 fully saturated rings. The zero-order valence-electron chi connectivity index (χ0n) is 15.7. The number of imidazole rings is 1. The van der Waals surface area contributed by atoms with E-state index in [1.165, 1.54) is 0 Å². The number of benzene rings is 1. The maximum absolute atomic E-state index is 12.5. The fourth-order valence-corrected chi connectivity index (χ4v) is 3.26. The average Bonchev–Trinajstić information content (AvgIpc) is 3.05. The number of nitrogens with one attached hydrogen (secondary N) is 1. The number of amides is 2. The first-order valence-electron chi connectivity index (χ1n) is 9.22. The first-order chi connectivity index (χ1) is 12.5. The fourth-order valence-electron chi connectivity index (χ4n) is 3.26. The van der Waals surface area contributed by atoms with E-state index >= 15 is 0 Å². The monoisotopic (exact) mass is 357 g/mol. The Morgan fingerprint density at radius 3 is 2.58 bits per heavy atom. The lowest BCUT2D eigenvalue weighted by Gasteiger charge is -2.35. The van der Waals surface area contributed by atoms with Crippen LogP contribution in [0.1, 0.15) is 27.2 Å². The van der Waals surface area contributed by atoms with Gasteiger partial charge in [-0.2, -0.15) is 0 Å². The second kappa shape index (κ2) is 7.76. The molecule has 0 aliphatic carbocycles. The molecule has 1 aliphatic heterocycles. The van der Waals surface area contributed by atoms with Gasteiger partial charge in [0.15, 0.2) is 0 Å². The van der Waals surface area contributed by atoms with Gasteiger partial charge in [-0.05, 0) is 24.5 Å². The zero-order valence-corrected chi connectivity index (χ0v) is 15.7. The van der Waals surface area contributed by atoms with Crippen molar-refractivity contribution in [2.45, 2.75) is 27.2 Å². The molecule has 7 heteroatoms. The molecule has 2 heterocycles. The summed E-state index contributed by atoms with van der Waals surface area (Å²) in [6.07, 6.45) is 2.54. The number of anilines is 1. The number of rotatable bonds is 4. The molecule has 26 heavy (non-hydrogen) atoms. The fraction of sp³-hybridized carbons (Fsp3) is 0.526. The maximum Gasteiger partial charge on any atom is 0.327 e. The zero-order chi connectivity index (χ0) is 18.7. The smallest absolute Gasteiger partial charge is 0.327 e. The lowest BCUT2D eigenvalue weighted by Crippen LogP contribution is -2.48. The van der Waals surface area contributed by atoms with Crippen molar-refractivity contribution in [2.75, 3.05) is 37.6 Å². The van der Waals surface area contributed by atoms with Gasteiger partial charge in [-0.15, -0.1) is 0 Å². The summed E-state index contributed by atoms with van der Waals surface area (Å²) in [6.45, 7) is 9.50. The third-order valence-corrected chi connectivity index (χ3v) is 4.84. The van der Waals surface area contributed by atoms with Crippen LogP contribution >= 0.6 is 0 Å². The van der Waals surface area contributed by atoms with Gasteiger partial charge < -0.3 is 15.1 Å². The van der Waals surface area contributed by atoms with Crippen LogP contribution in [0.5, 0.6) is 0 Å². The molecule has 0 bridgehead atoms. The summed E-state index contributed by atoms with van der Waals surface area (Å²) in [7, 11) is 0. The van der Waals surface area contributed by atoms with Crippen molar-refractivity contribution in [3.05, 3.63) is 24.5 Å². The van der Waals surface area contributed by atoms with Crippen LogP contribution in [0.4, 0.5) is 10.5 Å². The molecule has 1 saturated heterocycles. The molecule has 1 N–H and O–H groups in total. The maximum atomic E-state index is 12.5. The molecule has 2 aromatic rings. The first-order valence-corrected chi connectivity index (χ1v) is 9.22. The second-order valence-electron chi connectivity index (χ2n) is 7.17. The van der Waals surface area contributed by atoms with Crippen LogP contribution in [0.15, 0.2) is 24.5 Å². The standard InChI is InChI=1S/C19H27N5O2/c1-14(2)7-8-20-19(26)24-13-21-18-16(5-4-6-17(18)24)23-11-9-22(10-12-23)15(3)25/h4-6,13-14H,7-12H2,1-3H3,(H,20,26). The Labute approximate surface area is 154 Å². The van der Waals surface area contributed by atoms with Gasteiger partial charge in [0.1, 0.15) is 11.8 Å². The number of fused-ring (bicyclic) bond motifs is 1. The minimum absolute atomic E-state index is 0.116. The Hall–Kier alpha value is -2.57. The summed E-state index contributed by atoms with van der Waals surface area (Å²) < 4.78 is 1.57. The van der Waals surface area contributed by atoms with Crippen molar-refractivity contribution in [3.8, 4) is 0 Å². The van der Waals surface area contributed by atoms with Gasteiger partial charge >= 0.3 is 6.03 Å². The van der Waals surface area contributed by atoms with Gasteiger partial charge in [-0.1, -0.05) is 19.9 Å². The van der Waals surface area contributed by atoms with Crippen molar-refractivity contribution in [3.63, 3.8) is 0 Å². The van der Waals surface area contributed by atoms with Crippen LogP contribution in [0.3, 0.4) is 0 Å². The molecule has 1 aliphatic rings. The van der Waals surface area contributed by atoms with E-state index in [4.69, 9.17) is 0 Å². The second-order valence-corrected chi connectivity index (χ2v) is 7.17. The lowest BCUT2D eigenvalue weighted by atomic mass is 10.1. The summed E-state index contributed by atoms with van der Waals surface area (Å²) in [6, 6.07) is 5.75. The van der Waals surface area contributed by atoms with E-state index in [0.29, 0.717) is 25.6 Å².